The minimum Gasteiger partial charge on any atom is -0.383 e. The Bertz CT molecular complexity index is 1020. The van der Waals surface area contributed by atoms with Gasteiger partial charge in [-0.15, -0.1) is 0 Å². The van der Waals surface area contributed by atoms with E-state index in [1.807, 2.05) is 30.5 Å². The van der Waals surface area contributed by atoms with E-state index in [9.17, 15) is 0 Å². The second-order valence-corrected chi connectivity index (χ2v) is 5.60. The Labute approximate surface area is 131 Å². The molecule has 0 amide bonds. The standard InChI is InChI=1S/C16H12ClN5/c1-8-2-3-13-11(6-21-22-13)15(8)9-5-14-10(4-12(9)17)16(18)20-7-19-14/h2-7H,1H3,(H,21,22)(H2,18,19,20). The molecule has 0 fully saturated rings. The molecule has 2 aromatic heterocycles. The van der Waals surface area contributed by atoms with Crippen LogP contribution >= 0.6 is 11.6 Å². The molecular formula is C16H12ClN5. The molecule has 5 nitrogen and oxygen atoms in total. The number of hydrogen-bond donors (Lipinski definition) is 2. The van der Waals surface area contributed by atoms with Gasteiger partial charge < -0.3 is 5.73 Å². The summed E-state index contributed by atoms with van der Waals surface area (Å²) < 4.78 is 0. The fourth-order valence-corrected chi connectivity index (χ4v) is 3.03. The molecule has 0 bridgehead atoms. The minimum atomic E-state index is 0.427. The average molecular weight is 310 g/mol. The molecule has 4 rings (SSSR count). The van der Waals surface area contributed by atoms with Crippen molar-refractivity contribution in [2.75, 3.05) is 5.73 Å². The van der Waals surface area contributed by atoms with E-state index in [0.717, 1.165) is 38.5 Å². The number of aromatic amines is 1. The molecule has 0 atom stereocenters. The van der Waals surface area contributed by atoms with E-state index >= 15 is 0 Å². The Kier molecular flexibility index (Phi) is 2.77. The van der Waals surface area contributed by atoms with Crippen molar-refractivity contribution in [2.24, 2.45) is 0 Å². The van der Waals surface area contributed by atoms with Gasteiger partial charge in [0.2, 0.25) is 0 Å². The van der Waals surface area contributed by atoms with Crippen molar-refractivity contribution in [1.29, 1.82) is 0 Å². The number of nitrogen functional groups attached to an aromatic ring is 1. The van der Waals surface area contributed by atoms with Crippen molar-refractivity contribution >= 4 is 39.2 Å². The number of rotatable bonds is 1. The number of aromatic nitrogens is 4. The molecule has 0 saturated carbocycles. The van der Waals surface area contributed by atoms with Crippen LogP contribution in [0.25, 0.3) is 32.9 Å². The highest BCUT2D eigenvalue weighted by Crippen LogP contribution is 2.38. The summed E-state index contributed by atoms with van der Waals surface area (Å²) in [5.41, 5.74) is 10.7. The third kappa shape index (κ3) is 1.83. The zero-order valence-electron chi connectivity index (χ0n) is 11.8. The smallest absolute Gasteiger partial charge is 0.134 e. The predicted molar refractivity (Wildman–Crippen MR) is 88.8 cm³/mol. The zero-order chi connectivity index (χ0) is 15.3. The highest BCUT2D eigenvalue weighted by atomic mass is 35.5. The minimum absolute atomic E-state index is 0.427. The summed E-state index contributed by atoms with van der Waals surface area (Å²) >= 11 is 6.51. The molecule has 3 N–H and O–H groups in total. The molecule has 0 unspecified atom stereocenters. The molecule has 6 heteroatoms. The van der Waals surface area contributed by atoms with Crippen molar-refractivity contribution in [3.05, 3.63) is 47.4 Å². The van der Waals surface area contributed by atoms with E-state index in [0.29, 0.717) is 10.8 Å². The highest BCUT2D eigenvalue weighted by molar-refractivity contribution is 6.34. The molecule has 0 saturated heterocycles. The number of nitrogens with two attached hydrogens (primary N) is 1. The number of nitrogens with one attached hydrogen (secondary N) is 1. The molecule has 22 heavy (non-hydrogen) atoms. The first-order chi connectivity index (χ1) is 10.6. The largest absolute Gasteiger partial charge is 0.383 e. The predicted octanol–water partition coefficient (Wildman–Crippen LogP) is 3.72. The van der Waals surface area contributed by atoms with Crippen LogP contribution in [-0.2, 0) is 0 Å². The third-order valence-electron chi connectivity index (χ3n) is 3.86. The summed E-state index contributed by atoms with van der Waals surface area (Å²) in [5, 5.41) is 9.51. The van der Waals surface area contributed by atoms with Gasteiger partial charge in [-0.2, -0.15) is 5.10 Å². The number of aryl methyl sites for hydroxylation is 1. The molecule has 0 aliphatic carbocycles. The summed E-state index contributed by atoms with van der Waals surface area (Å²) in [4.78, 5) is 8.30. The zero-order valence-corrected chi connectivity index (χ0v) is 12.5. The lowest BCUT2D eigenvalue weighted by atomic mass is 9.96. The maximum Gasteiger partial charge on any atom is 0.134 e. The normalized spacial score (nSPS) is 11.4. The molecule has 0 aliphatic rings. The molecule has 108 valence electrons. The van der Waals surface area contributed by atoms with Crippen LogP contribution in [0.15, 0.2) is 36.8 Å². The fraction of sp³-hybridized carbons (Fsp3) is 0.0625. The number of hydrogen-bond acceptors (Lipinski definition) is 4. The monoisotopic (exact) mass is 309 g/mol. The van der Waals surface area contributed by atoms with Gasteiger partial charge in [-0.3, -0.25) is 5.10 Å². The van der Waals surface area contributed by atoms with Gasteiger partial charge in [-0.05, 0) is 36.2 Å². The summed E-state index contributed by atoms with van der Waals surface area (Å²) in [6, 6.07) is 7.82. The topological polar surface area (TPSA) is 80.5 Å². The lowest BCUT2D eigenvalue weighted by Crippen LogP contribution is -1.94. The summed E-state index contributed by atoms with van der Waals surface area (Å²) in [6.45, 7) is 2.05. The number of fused-ring (bicyclic) bond motifs is 2. The lowest BCUT2D eigenvalue weighted by molar-refractivity contribution is 1.12. The third-order valence-corrected chi connectivity index (χ3v) is 4.17. The molecular weight excluding hydrogens is 298 g/mol. The van der Waals surface area contributed by atoms with Gasteiger partial charge >= 0.3 is 0 Å². The molecule has 0 aliphatic heterocycles. The van der Waals surface area contributed by atoms with Gasteiger partial charge in [0.15, 0.2) is 0 Å². The first-order valence-electron chi connectivity index (χ1n) is 6.78. The van der Waals surface area contributed by atoms with Crippen LogP contribution in [0.5, 0.6) is 0 Å². The maximum atomic E-state index is 6.51. The molecule has 2 aromatic carbocycles. The van der Waals surface area contributed by atoms with Crippen LogP contribution in [0.4, 0.5) is 5.82 Å². The quantitative estimate of drug-likeness (QED) is 0.561. The Morgan fingerprint density at radius 1 is 1.14 bits per heavy atom. The van der Waals surface area contributed by atoms with Crippen molar-refractivity contribution < 1.29 is 0 Å². The van der Waals surface area contributed by atoms with E-state index in [2.05, 4.69) is 27.1 Å². The van der Waals surface area contributed by atoms with Crippen LogP contribution in [0.3, 0.4) is 0 Å². The van der Waals surface area contributed by atoms with Gasteiger partial charge in [0, 0.05) is 21.4 Å². The second kappa shape index (κ2) is 4.68. The Morgan fingerprint density at radius 2 is 2.00 bits per heavy atom. The summed E-state index contributed by atoms with van der Waals surface area (Å²) in [7, 11) is 0. The van der Waals surface area contributed by atoms with Crippen molar-refractivity contribution in [3.8, 4) is 11.1 Å². The van der Waals surface area contributed by atoms with Gasteiger partial charge in [0.05, 0.1) is 17.2 Å². The van der Waals surface area contributed by atoms with Crippen molar-refractivity contribution in [2.45, 2.75) is 6.92 Å². The van der Waals surface area contributed by atoms with E-state index in [4.69, 9.17) is 17.3 Å². The Balaban J connectivity index is 2.10. The van der Waals surface area contributed by atoms with Crippen LogP contribution < -0.4 is 5.73 Å². The molecule has 0 spiro atoms. The van der Waals surface area contributed by atoms with E-state index in [-0.39, 0.29) is 0 Å². The summed E-state index contributed by atoms with van der Waals surface area (Å²) in [5.74, 6) is 0.427. The van der Waals surface area contributed by atoms with Gasteiger partial charge in [-0.1, -0.05) is 17.7 Å². The number of halogens is 1. The Hall–Kier alpha value is -2.66. The maximum absolute atomic E-state index is 6.51. The van der Waals surface area contributed by atoms with Crippen LogP contribution in [-0.4, -0.2) is 20.2 Å². The highest BCUT2D eigenvalue weighted by Gasteiger charge is 2.14. The Morgan fingerprint density at radius 3 is 2.86 bits per heavy atom. The van der Waals surface area contributed by atoms with E-state index in [1.165, 1.54) is 6.33 Å². The van der Waals surface area contributed by atoms with Gasteiger partial charge in [0.25, 0.3) is 0 Å². The van der Waals surface area contributed by atoms with Gasteiger partial charge in [-0.25, -0.2) is 9.97 Å². The number of benzene rings is 2. The SMILES string of the molecule is Cc1ccc2[nH]ncc2c1-c1cc2ncnc(N)c2cc1Cl. The van der Waals surface area contributed by atoms with E-state index < -0.39 is 0 Å². The molecule has 2 heterocycles. The average Bonchev–Trinajstić information content (AvgIpc) is 2.96. The van der Waals surface area contributed by atoms with Crippen LogP contribution in [0, 0.1) is 6.92 Å². The second-order valence-electron chi connectivity index (χ2n) is 5.20. The molecule has 4 aromatic rings. The first-order valence-corrected chi connectivity index (χ1v) is 7.16. The number of H-pyrrole nitrogens is 1. The summed E-state index contributed by atoms with van der Waals surface area (Å²) in [6.07, 6.45) is 3.27. The number of nitrogens with zero attached hydrogens (tertiary/aromatic N) is 3. The van der Waals surface area contributed by atoms with Crippen molar-refractivity contribution in [3.63, 3.8) is 0 Å². The lowest BCUT2D eigenvalue weighted by Gasteiger charge is -2.11. The fourth-order valence-electron chi connectivity index (χ4n) is 2.77. The first kappa shape index (κ1) is 13.0. The number of anilines is 1. The molecule has 0 radical (unpaired) electrons. The van der Waals surface area contributed by atoms with Crippen LogP contribution in [0.2, 0.25) is 5.02 Å². The van der Waals surface area contributed by atoms with Crippen molar-refractivity contribution in [1.82, 2.24) is 20.2 Å². The van der Waals surface area contributed by atoms with E-state index in [1.54, 1.807) is 0 Å². The van der Waals surface area contributed by atoms with Crippen LogP contribution in [0.1, 0.15) is 5.56 Å². The van der Waals surface area contributed by atoms with Gasteiger partial charge in [0.1, 0.15) is 12.1 Å².